The molecule has 0 aliphatic carbocycles. The number of rotatable bonds is 4. The van der Waals surface area contributed by atoms with Crippen molar-refractivity contribution in [2.45, 2.75) is 38.3 Å². The standard InChI is InChI=1S/C10H22N2O/c1-3-10(13)8-12(2)9-4-6-11-7-5-9/h9-11,13H,3-8H2,1-2H3. The Bertz CT molecular complexity index is 135. The zero-order chi connectivity index (χ0) is 9.68. The van der Waals surface area contributed by atoms with E-state index in [1.807, 2.05) is 6.92 Å². The van der Waals surface area contributed by atoms with Crippen molar-refractivity contribution >= 4 is 0 Å². The predicted molar refractivity (Wildman–Crippen MR) is 54.8 cm³/mol. The largest absolute Gasteiger partial charge is 0.392 e. The molecule has 3 nitrogen and oxygen atoms in total. The zero-order valence-electron chi connectivity index (χ0n) is 8.79. The van der Waals surface area contributed by atoms with Crippen LogP contribution >= 0.6 is 0 Å². The van der Waals surface area contributed by atoms with Gasteiger partial charge >= 0.3 is 0 Å². The van der Waals surface area contributed by atoms with Crippen molar-refractivity contribution in [1.29, 1.82) is 0 Å². The second kappa shape index (κ2) is 5.58. The number of likely N-dealkylation sites (N-methyl/N-ethyl adjacent to an activating group) is 1. The van der Waals surface area contributed by atoms with Gasteiger partial charge in [0.15, 0.2) is 0 Å². The van der Waals surface area contributed by atoms with Gasteiger partial charge in [0.05, 0.1) is 6.10 Å². The summed E-state index contributed by atoms with van der Waals surface area (Å²) in [6, 6.07) is 0.669. The van der Waals surface area contributed by atoms with Gasteiger partial charge in [-0.15, -0.1) is 0 Å². The number of aliphatic hydroxyl groups excluding tert-OH is 1. The molecule has 0 saturated carbocycles. The zero-order valence-corrected chi connectivity index (χ0v) is 8.79. The van der Waals surface area contributed by atoms with E-state index in [1.54, 1.807) is 0 Å². The average molecular weight is 186 g/mol. The van der Waals surface area contributed by atoms with Crippen LogP contribution in [-0.4, -0.2) is 48.8 Å². The third-order valence-electron chi connectivity index (χ3n) is 2.90. The van der Waals surface area contributed by atoms with E-state index in [0.29, 0.717) is 6.04 Å². The van der Waals surface area contributed by atoms with E-state index >= 15 is 0 Å². The normalized spacial score (nSPS) is 22.2. The first-order chi connectivity index (χ1) is 6.24. The molecule has 0 bridgehead atoms. The summed E-state index contributed by atoms with van der Waals surface area (Å²) in [7, 11) is 2.12. The van der Waals surface area contributed by atoms with Gasteiger partial charge < -0.3 is 15.3 Å². The molecule has 0 spiro atoms. The lowest BCUT2D eigenvalue weighted by Gasteiger charge is -2.32. The number of nitrogens with zero attached hydrogens (tertiary/aromatic N) is 1. The minimum absolute atomic E-state index is 0.153. The molecule has 1 aliphatic heterocycles. The van der Waals surface area contributed by atoms with E-state index in [0.717, 1.165) is 26.1 Å². The maximum atomic E-state index is 9.50. The first kappa shape index (κ1) is 11.0. The summed E-state index contributed by atoms with van der Waals surface area (Å²) in [5, 5.41) is 12.8. The van der Waals surface area contributed by atoms with Gasteiger partial charge in [-0.25, -0.2) is 0 Å². The first-order valence-corrected chi connectivity index (χ1v) is 5.33. The molecule has 0 aromatic rings. The Morgan fingerprint density at radius 3 is 2.62 bits per heavy atom. The lowest BCUT2D eigenvalue weighted by molar-refractivity contribution is 0.0911. The molecule has 1 fully saturated rings. The number of piperidine rings is 1. The van der Waals surface area contributed by atoms with Gasteiger partial charge in [0.1, 0.15) is 0 Å². The number of hydrogen-bond donors (Lipinski definition) is 2. The fourth-order valence-electron chi connectivity index (χ4n) is 1.86. The van der Waals surface area contributed by atoms with E-state index in [4.69, 9.17) is 0 Å². The molecule has 1 unspecified atom stereocenters. The highest BCUT2D eigenvalue weighted by molar-refractivity contribution is 4.76. The summed E-state index contributed by atoms with van der Waals surface area (Å²) >= 11 is 0. The molecule has 78 valence electrons. The summed E-state index contributed by atoms with van der Waals surface area (Å²) in [4.78, 5) is 2.30. The summed E-state index contributed by atoms with van der Waals surface area (Å²) in [5.41, 5.74) is 0. The van der Waals surface area contributed by atoms with Crippen LogP contribution in [0.2, 0.25) is 0 Å². The van der Waals surface area contributed by atoms with Crippen molar-refractivity contribution in [2.24, 2.45) is 0 Å². The molecule has 2 N–H and O–H groups in total. The Kier molecular flexibility index (Phi) is 4.70. The quantitative estimate of drug-likeness (QED) is 0.669. The van der Waals surface area contributed by atoms with Crippen LogP contribution in [-0.2, 0) is 0 Å². The highest BCUT2D eigenvalue weighted by atomic mass is 16.3. The molecule has 1 heterocycles. The van der Waals surface area contributed by atoms with Crippen molar-refractivity contribution in [3.05, 3.63) is 0 Å². The molecule has 1 aliphatic rings. The van der Waals surface area contributed by atoms with Crippen LogP contribution in [0.15, 0.2) is 0 Å². The van der Waals surface area contributed by atoms with Crippen molar-refractivity contribution < 1.29 is 5.11 Å². The van der Waals surface area contributed by atoms with E-state index in [-0.39, 0.29) is 6.10 Å². The molecular weight excluding hydrogens is 164 g/mol. The van der Waals surface area contributed by atoms with Gasteiger partial charge in [-0.2, -0.15) is 0 Å². The van der Waals surface area contributed by atoms with Gasteiger partial charge in [0.25, 0.3) is 0 Å². The minimum Gasteiger partial charge on any atom is -0.392 e. The van der Waals surface area contributed by atoms with Crippen LogP contribution in [0.5, 0.6) is 0 Å². The fraction of sp³-hybridized carbons (Fsp3) is 1.00. The lowest BCUT2D eigenvalue weighted by Crippen LogP contribution is -2.43. The second-order valence-electron chi connectivity index (χ2n) is 3.98. The number of aliphatic hydroxyl groups is 1. The van der Waals surface area contributed by atoms with E-state index < -0.39 is 0 Å². The van der Waals surface area contributed by atoms with Crippen molar-refractivity contribution in [2.75, 3.05) is 26.7 Å². The SMILES string of the molecule is CCC(O)CN(C)C1CCNCC1. The maximum Gasteiger partial charge on any atom is 0.0664 e. The van der Waals surface area contributed by atoms with Crippen LogP contribution in [0.1, 0.15) is 26.2 Å². The molecule has 0 aromatic heterocycles. The molecule has 0 aromatic carbocycles. The smallest absolute Gasteiger partial charge is 0.0664 e. The van der Waals surface area contributed by atoms with Crippen molar-refractivity contribution in [1.82, 2.24) is 10.2 Å². The minimum atomic E-state index is -0.153. The first-order valence-electron chi connectivity index (χ1n) is 5.33. The Balaban J connectivity index is 2.24. The van der Waals surface area contributed by atoms with E-state index in [9.17, 15) is 5.11 Å². The predicted octanol–water partition coefficient (Wildman–Crippen LogP) is 0.441. The van der Waals surface area contributed by atoms with Crippen molar-refractivity contribution in [3.63, 3.8) is 0 Å². The molecule has 1 rings (SSSR count). The van der Waals surface area contributed by atoms with Gasteiger partial charge in [0, 0.05) is 12.6 Å². The number of nitrogens with one attached hydrogen (secondary N) is 1. The van der Waals surface area contributed by atoms with Gasteiger partial charge in [-0.05, 0) is 39.4 Å². The summed E-state index contributed by atoms with van der Waals surface area (Å²) in [6.07, 6.45) is 3.13. The summed E-state index contributed by atoms with van der Waals surface area (Å²) in [6.45, 7) is 5.09. The average Bonchev–Trinajstić information content (AvgIpc) is 2.19. The topological polar surface area (TPSA) is 35.5 Å². The molecule has 13 heavy (non-hydrogen) atoms. The summed E-state index contributed by atoms with van der Waals surface area (Å²) < 4.78 is 0. The van der Waals surface area contributed by atoms with Crippen LogP contribution in [0.4, 0.5) is 0 Å². The van der Waals surface area contributed by atoms with Crippen molar-refractivity contribution in [3.8, 4) is 0 Å². The third-order valence-corrected chi connectivity index (χ3v) is 2.90. The molecule has 1 saturated heterocycles. The van der Waals surface area contributed by atoms with Crippen LogP contribution in [0, 0.1) is 0 Å². The highest BCUT2D eigenvalue weighted by Gasteiger charge is 2.18. The van der Waals surface area contributed by atoms with Gasteiger partial charge in [-0.1, -0.05) is 6.92 Å². The Morgan fingerprint density at radius 1 is 1.46 bits per heavy atom. The maximum absolute atomic E-state index is 9.50. The monoisotopic (exact) mass is 186 g/mol. The van der Waals surface area contributed by atoms with E-state index in [1.165, 1.54) is 12.8 Å². The molecule has 0 amide bonds. The Morgan fingerprint density at radius 2 is 2.08 bits per heavy atom. The fourth-order valence-corrected chi connectivity index (χ4v) is 1.86. The van der Waals surface area contributed by atoms with Gasteiger partial charge in [0.2, 0.25) is 0 Å². The van der Waals surface area contributed by atoms with Crippen LogP contribution in [0.25, 0.3) is 0 Å². The summed E-state index contributed by atoms with van der Waals surface area (Å²) in [5.74, 6) is 0. The molecular formula is C10H22N2O. The Labute approximate surface area is 81.1 Å². The Hall–Kier alpha value is -0.120. The second-order valence-corrected chi connectivity index (χ2v) is 3.98. The highest BCUT2D eigenvalue weighted by Crippen LogP contribution is 2.10. The molecule has 3 heteroatoms. The van der Waals surface area contributed by atoms with E-state index in [2.05, 4.69) is 17.3 Å². The molecule has 0 radical (unpaired) electrons. The molecule has 1 atom stereocenters. The van der Waals surface area contributed by atoms with Crippen LogP contribution in [0.3, 0.4) is 0 Å². The third kappa shape index (κ3) is 3.63. The van der Waals surface area contributed by atoms with Crippen LogP contribution < -0.4 is 5.32 Å². The number of hydrogen-bond acceptors (Lipinski definition) is 3. The lowest BCUT2D eigenvalue weighted by atomic mass is 10.0. The van der Waals surface area contributed by atoms with Gasteiger partial charge in [-0.3, -0.25) is 0 Å².